The Hall–Kier alpha value is -2.44. The second kappa shape index (κ2) is 6.62. The Morgan fingerprint density at radius 1 is 1.22 bits per heavy atom. The number of benzene rings is 1. The predicted molar refractivity (Wildman–Crippen MR) is 107 cm³/mol. The van der Waals surface area contributed by atoms with Crippen LogP contribution in [0, 0.1) is 20.8 Å². The molecule has 3 aromatic rings. The summed E-state index contributed by atoms with van der Waals surface area (Å²) in [6, 6.07) is 9.43. The van der Waals surface area contributed by atoms with Gasteiger partial charge in [0, 0.05) is 12.0 Å². The van der Waals surface area contributed by atoms with Crippen molar-refractivity contribution in [2.45, 2.75) is 33.1 Å². The molecule has 0 fully saturated rings. The Kier molecular flexibility index (Phi) is 4.40. The van der Waals surface area contributed by atoms with Crippen LogP contribution in [0.3, 0.4) is 0 Å². The summed E-state index contributed by atoms with van der Waals surface area (Å²) in [5, 5.41) is 7.54. The molecular weight excluding hydrogens is 382 g/mol. The number of hydrogen-bond acceptors (Lipinski definition) is 4. The molecule has 1 N–H and O–H groups in total. The van der Waals surface area contributed by atoms with Gasteiger partial charge in [-0.25, -0.2) is 4.68 Å². The molecule has 1 amide bonds. The second-order valence-electron chi connectivity index (χ2n) is 6.80. The van der Waals surface area contributed by atoms with E-state index in [1.165, 1.54) is 16.9 Å². The average Bonchev–Trinajstić information content (AvgIpc) is 3.20. The zero-order valence-corrected chi connectivity index (χ0v) is 16.7. The van der Waals surface area contributed by atoms with E-state index >= 15 is 0 Å². The lowest BCUT2D eigenvalue weighted by molar-refractivity contribution is -0.116. The number of hydrogen-bond donors (Lipinski definition) is 1. The summed E-state index contributed by atoms with van der Waals surface area (Å²) in [5.74, 6) is -0.254. The van der Waals surface area contributed by atoms with E-state index in [1.54, 1.807) is 16.8 Å². The number of ketones is 1. The normalized spacial score (nSPS) is 16.1. The number of amides is 1. The first-order valence-corrected chi connectivity index (χ1v) is 9.81. The molecule has 7 heteroatoms. The average molecular weight is 400 g/mol. The van der Waals surface area contributed by atoms with Crippen molar-refractivity contribution < 1.29 is 9.59 Å². The molecule has 1 atom stereocenters. The van der Waals surface area contributed by atoms with Crippen LogP contribution in [0.2, 0.25) is 4.34 Å². The minimum absolute atomic E-state index is 0.0919. The van der Waals surface area contributed by atoms with Gasteiger partial charge in [-0.05, 0) is 56.2 Å². The summed E-state index contributed by atoms with van der Waals surface area (Å²) in [7, 11) is 0. The highest BCUT2D eigenvalue weighted by atomic mass is 35.5. The first kappa shape index (κ1) is 17.9. The number of fused-ring (bicyclic) bond motifs is 1. The number of aromatic nitrogens is 2. The van der Waals surface area contributed by atoms with Crippen LogP contribution in [0.15, 0.2) is 30.3 Å². The summed E-state index contributed by atoms with van der Waals surface area (Å²) >= 11 is 7.22. The minimum Gasteiger partial charge on any atom is -0.310 e. The van der Waals surface area contributed by atoms with Crippen LogP contribution in [-0.4, -0.2) is 21.5 Å². The van der Waals surface area contributed by atoms with E-state index in [2.05, 4.69) is 10.4 Å². The molecule has 4 rings (SSSR count). The van der Waals surface area contributed by atoms with Gasteiger partial charge in [0.2, 0.25) is 5.91 Å². The number of halogens is 1. The Morgan fingerprint density at radius 2 is 2.00 bits per heavy atom. The fourth-order valence-electron chi connectivity index (χ4n) is 3.43. The van der Waals surface area contributed by atoms with Gasteiger partial charge in [-0.1, -0.05) is 17.7 Å². The second-order valence-corrected chi connectivity index (χ2v) is 8.52. The van der Waals surface area contributed by atoms with Crippen molar-refractivity contribution in [2.75, 3.05) is 5.32 Å². The molecule has 1 aliphatic rings. The third kappa shape index (κ3) is 3.09. The summed E-state index contributed by atoms with van der Waals surface area (Å²) in [6.45, 7) is 5.95. The van der Waals surface area contributed by atoms with E-state index in [9.17, 15) is 9.59 Å². The molecule has 3 heterocycles. The number of carbonyl (C=O) groups excluding carboxylic acids is 2. The number of aryl methyl sites for hydroxylation is 3. The number of nitrogens with zero attached hydrogens (tertiary/aromatic N) is 2. The van der Waals surface area contributed by atoms with Gasteiger partial charge in [-0.3, -0.25) is 9.59 Å². The van der Waals surface area contributed by atoms with Gasteiger partial charge >= 0.3 is 0 Å². The zero-order chi connectivity index (χ0) is 19.3. The molecule has 5 nitrogen and oxygen atoms in total. The minimum atomic E-state index is -0.552. The van der Waals surface area contributed by atoms with Crippen molar-refractivity contribution >= 4 is 40.4 Å². The van der Waals surface area contributed by atoms with E-state index in [-0.39, 0.29) is 18.1 Å². The highest BCUT2D eigenvalue weighted by Gasteiger charge is 2.36. The topological polar surface area (TPSA) is 64.0 Å². The molecule has 2 aromatic heterocycles. The first-order chi connectivity index (χ1) is 12.8. The molecule has 0 radical (unpaired) electrons. The maximum atomic E-state index is 13.1. The lowest BCUT2D eigenvalue weighted by Crippen LogP contribution is -2.28. The third-order valence-corrected chi connectivity index (χ3v) is 6.22. The predicted octanol–water partition coefficient (Wildman–Crippen LogP) is 4.82. The molecule has 1 aromatic carbocycles. The van der Waals surface area contributed by atoms with Gasteiger partial charge in [-0.15, -0.1) is 11.3 Å². The molecule has 0 aliphatic carbocycles. The van der Waals surface area contributed by atoms with Crippen LogP contribution < -0.4 is 5.32 Å². The summed E-state index contributed by atoms with van der Waals surface area (Å²) in [5.41, 5.74) is 4.70. The van der Waals surface area contributed by atoms with Crippen LogP contribution in [0.5, 0.6) is 0 Å². The van der Waals surface area contributed by atoms with Crippen molar-refractivity contribution in [3.8, 4) is 5.69 Å². The molecule has 0 saturated heterocycles. The molecule has 0 bridgehead atoms. The third-order valence-electron chi connectivity index (χ3n) is 4.97. The van der Waals surface area contributed by atoms with Crippen molar-refractivity contribution in [3.63, 3.8) is 0 Å². The standard InChI is InChI=1S/C20H18ClN3O2S/c1-10-4-5-13(8-11(10)2)24-20-18(12(3)23-24)14(9-17(25)22-20)19(26)15-6-7-16(21)27-15/h4-8,14H,9H2,1-3H3,(H,22,25)/t14-/m1/s1. The lowest BCUT2D eigenvalue weighted by atomic mass is 9.87. The molecule has 0 spiro atoms. The van der Waals surface area contributed by atoms with E-state index in [0.717, 1.165) is 22.5 Å². The van der Waals surface area contributed by atoms with E-state index in [0.29, 0.717) is 15.0 Å². The Balaban J connectivity index is 1.83. The van der Waals surface area contributed by atoms with E-state index in [1.807, 2.05) is 39.0 Å². The van der Waals surface area contributed by atoms with Gasteiger partial charge < -0.3 is 5.32 Å². The van der Waals surface area contributed by atoms with Gasteiger partial charge in [0.05, 0.1) is 26.5 Å². The molecule has 0 saturated carbocycles. The van der Waals surface area contributed by atoms with Gasteiger partial charge in [0.15, 0.2) is 5.78 Å². The zero-order valence-electron chi connectivity index (χ0n) is 15.2. The monoisotopic (exact) mass is 399 g/mol. The number of rotatable bonds is 3. The van der Waals surface area contributed by atoms with Crippen molar-refractivity contribution in [1.29, 1.82) is 0 Å². The Bertz CT molecular complexity index is 1080. The first-order valence-electron chi connectivity index (χ1n) is 8.61. The van der Waals surface area contributed by atoms with Crippen molar-refractivity contribution in [1.82, 2.24) is 9.78 Å². The van der Waals surface area contributed by atoms with Crippen molar-refractivity contribution in [3.05, 3.63) is 61.9 Å². The Labute approximate surface area is 166 Å². The highest BCUT2D eigenvalue weighted by Crippen LogP contribution is 2.39. The maximum Gasteiger partial charge on any atom is 0.226 e. The van der Waals surface area contributed by atoms with Gasteiger partial charge in [0.25, 0.3) is 0 Å². The van der Waals surface area contributed by atoms with Gasteiger partial charge in [-0.2, -0.15) is 5.10 Å². The fourth-order valence-corrected chi connectivity index (χ4v) is 4.47. The summed E-state index contributed by atoms with van der Waals surface area (Å²) < 4.78 is 2.27. The molecular formula is C20H18ClN3O2S. The summed E-state index contributed by atoms with van der Waals surface area (Å²) in [6.07, 6.45) is 0.112. The SMILES string of the molecule is Cc1ccc(-n2nc(C)c3c2NC(=O)C[C@H]3C(=O)c2ccc(Cl)s2)cc1C. The van der Waals surface area contributed by atoms with Crippen LogP contribution in [0.1, 0.15) is 44.4 Å². The lowest BCUT2D eigenvalue weighted by Gasteiger charge is -2.22. The van der Waals surface area contributed by atoms with Crippen LogP contribution in [0.25, 0.3) is 5.69 Å². The largest absolute Gasteiger partial charge is 0.310 e. The fraction of sp³-hybridized carbons (Fsp3) is 0.250. The van der Waals surface area contributed by atoms with Crippen molar-refractivity contribution in [2.24, 2.45) is 0 Å². The Morgan fingerprint density at radius 3 is 2.67 bits per heavy atom. The number of Topliss-reactive ketones (excluding diaryl/α,β-unsaturated/α-hetero) is 1. The van der Waals surface area contributed by atoms with E-state index < -0.39 is 5.92 Å². The molecule has 138 valence electrons. The smallest absolute Gasteiger partial charge is 0.226 e. The highest BCUT2D eigenvalue weighted by molar-refractivity contribution is 7.18. The van der Waals surface area contributed by atoms with Crippen LogP contribution in [0.4, 0.5) is 5.82 Å². The number of nitrogens with one attached hydrogen (secondary N) is 1. The van der Waals surface area contributed by atoms with Crippen LogP contribution >= 0.6 is 22.9 Å². The maximum absolute atomic E-state index is 13.1. The van der Waals surface area contributed by atoms with E-state index in [4.69, 9.17) is 11.6 Å². The van der Waals surface area contributed by atoms with Crippen LogP contribution in [-0.2, 0) is 4.79 Å². The molecule has 0 unspecified atom stereocenters. The number of carbonyl (C=O) groups is 2. The number of anilines is 1. The van der Waals surface area contributed by atoms with Gasteiger partial charge in [0.1, 0.15) is 5.82 Å². The quantitative estimate of drug-likeness (QED) is 0.642. The molecule has 1 aliphatic heterocycles. The number of thiophene rings is 1. The summed E-state index contributed by atoms with van der Waals surface area (Å²) in [4.78, 5) is 26.0. The molecule has 27 heavy (non-hydrogen) atoms.